The molecule has 2 rings (SSSR count). The number of phenolic OH excluding ortho intramolecular Hbond substituents is 1. The van der Waals surface area contributed by atoms with Crippen LogP contribution in [0.15, 0.2) is 40.1 Å². The van der Waals surface area contributed by atoms with E-state index < -0.39 is 5.63 Å². The van der Waals surface area contributed by atoms with Crippen LogP contribution >= 0.6 is 0 Å². The number of phenols is 1. The lowest BCUT2D eigenvalue weighted by atomic mass is 10.0. The van der Waals surface area contributed by atoms with E-state index in [4.69, 9.17) is 4.42 Å². The fourth-order valence-electron chi connectivity index (χ4n) is 1.77. The predicted molar refractivity (Wildman–Crippen MR) is 62.8 cm³/mol. The molecule has 3 nitrogen and oxygen atoms in total. The summed E-state index contributed by atoms with van der Waals surface area (Å²) >= 11 is 0. The van der Waals surface area contributed by atoms with Crippen LogP contribution in [0.3, 0.4) is 0 Å². The van der Waals surface area contributed by atoms with Gasteiger partial charge >= 0.3 is 5.63 Å². The highest BCUT2D eigenvalue weighted by Gasteiger charge is 2.11. The number of hydrogen-bond acceptors (Lipinski definition) is 3. The van der Waals surface area contributed by atoms with Crippen molar-refractivity contribution in [1.82, 2.24) is 0 Å². The number of rotatable bonds is 2. The summed E-state index contributed by atoms with van der Waals surface area (Å²) in [5, 5.41) is 10.7. The number of aromatic hydroxyl groups is 1. The van der Waals surface area contributed by atoms with Gasteiger partial charge in [0, 0.05) is 17.0 Å². The summed E-state index contributed by atoms with van der Waals surface area (Å²) < 4.78 is 4.99. The molecule has 0 aliphatic rings. The Bertz CT molecular complexity index is 608. The van der Waals surface area contributed by atoms with Crippen LogP contribution in [0.2, 0.25) is 0 Å². The van der Waals surface area contributed by atoms with E-state index in [0.717, 1.165) is 16.5 Å². The van der Waals surface area contributed by atoms with Gasteiger partial charge in [-0.25, -0.2) is 4.79 Å². The highest BCUT2D eigenvalue weighted by atomic mass is 16.4. The fraction of sp³-hybridized carbons (Fsp3) is 0.154. The quantitative estimate of drug-likeness (QED) is 0.620. The molecule has 0 unspecified atom stereocenters. The Morgan fingerprint density at radius 1 is 1.50 bits per heavy atom. The molecule has 0 spiro atoms. The van der Waals surface area contributed by atoms with Gasteiger partial charge < -0.3 is 9.52 Å². The average Bonchev–Trinajstić information content (AvgIpc) is 2.26. The second kappa shape index (κ2) is 3.85. The third-order valence-electron chi connectivity index (χ3n) is 2.56. The van der Waals surface area contributed by atoms with Crippen molar-refractivity contribution < 1.29 is 9.52 Å². The largest absolute Gasteiger partial charge is 0.504 e. The molecule has 0 bridgehead atoms. The zero-order valence-corrected chi connectivity index (χ0v) is 8.99. The van der Waals surface area contributed by atoms with Gasteiger partial charge in [-0.1, -0.05) is 6.08 Å². The van der Waals surface area contributed by atoms with Gasteiger partial charge in [-0.2, -0.15) is 0 Å². The van der Waals surface area contributed by atoms with Crippen molar-refractivity contribution >= 4 is 11.0 Å². The second-order valence-electron chi connectivity index (χ2n) is 3.69. The molecular weight excluding hydrogens is 204 g/mol. The van der Waals surface area contributed by atoms with Crippen molar-refractivity contribution in [2.24, 2.45) is 0 Å². The monoisotopic (exact) mass is 216 g/mol. The van der Waals surface area contributed by atoms with Crippen molar-refractivity contribution in [3.05, 3.63) is 52.4 Å². The Kier molecular flexibility index (Phi) is 2.52. The molecule has 1 aromatic carbocycles. The van der Waals surface area contributed by atoms with Gasteiger partial charge in [-0.05, 0) is 31.0 Å². The smallest absolute Gasteiger partial charge is 0.336 e. The molecule has 16 heavy (non-hydrogen) atoms. The molecule has 0 atom stereocenters. The molecule has 2 aromatic rings. The maximum absolute atomic E-state index is 11.1. The molecule has 82 valence electrons. The Hall–Kier alpha value is -2.03. The number of allylic oxidation sites excluding steroid dienone is 1. The molecule has 0 radical (unpaired) electrons. The molecule has 0 saturated carbocycles. The molecule has 0 fully saturated rings. The maximum atomic E-state index is 11.1. The van der Waals surface area contributed by atoms with Crippen LogP contribution in [-0.2, 0) is 6.42 Å². The Balaban J connectivity index is 2.84. The van der Waals surface area contributed by atoms with E-state index in [1.807, 2.05) is 13.0 Å². The highest BCUT2D eigenvalue weighted by Crippen LogP contribution is 2.31. The zero-order valence-electron chi connectivity index (χ0n) is 8.99. The van der Waals surface area contributed by atoms with Crippen LogP contribution in [0, 0.1) is 6.92 Å². The normalized spacial score (nSPS) is 10.6. The summed E-state index contributed by atoms with van der Waals surface area (Å²) in [5.41, 5.74) is 1.49. The third-order valence-corrected chi connectivity index (χ3v) is 2.56. The zero-order chi connectivity index (χ0) is 11.7. The van der Waals surface area contributed by atoms with E-state index >= 15 is 0 Å². The lowest BCUT2D eigenvalue weighted by Gasteiger charge is -2.08. The van der Waals surface area contributed by atoms with E-state index in [-0.39, 0.29) is 11.3 Å². The first-order valence-electron chi connectivity index (χ1n) is 4.99. The summed E-state index contributed by atoms with van der Waals surface area (Å²) in [7, 11) is 0. The summed E-state index contributed by atoms with van der Waals surface area (Å²) in [6, 6.07) is 4.87. The standard InChI is InChI=1S/C13H12O3/c1-3-4-10-8(2)7-9-5-6-11(14)16-13(9)12(10)15/h3,5-7,15H,1,4H2,2H3. The lowest BCUT2D eigenvalue weighted by Crippen LogP contribution is -1.97. The number of aryl methyl sites for hydroxylation is 1. The molecule has 1 aromatic heterocycles. The van der Waals surface area contributed by atoms with Gasteiger partial charge in [0.05, 0.1) is 0 Å². The van der Waals surface area contributed by atoms with Gasteiger partial charge in [0.25, 0.3) is 0 Å². The van der Waals surface area contributed by atoms with Gasteiger partial charge in [-0.3, -0.25) is 0 Å². The first kappa shape index (κ1) is 10.5. The minimum atomic E-state index is -0.462. The molecular formula is C13H12O3. The van der Waals surface area contributed by atoms with Crippen molar-refractivity contribution in [2.45, 2.75) is 13.3 Å². The Labute approximate surface area is 92.6 Å². The molecule has 0 aliphatic heterocycles. The van der Waals surface area contributed by atoms with Crippen LogP contribution in [-0.4, -0.2) is 5.11 Å². The maximum Gasteiger partial charge on any atom is 0.336 e. The van der Waals surface area contributed by atoms with Gasteiger partial charge in [0.2, 0.25) is 0 Å². The van der Waals surface area contributed by atoms with Crippen molar-refractivity contribution in [3.8, 4) is 5.75 Å². The molecule has 3 heteroatoms. The summed E-state index contributed by atoms with van der Waals surface area (Å²) in [6.45, 7) is 5.54. The number of fused-ring (bicyclic) bond motifs is 1. The topological polar surface area (TPSA) is 50.4 Å². The molecule has 0 amide bonds. The van der Waals surface area contributed by atoms with Crippen LogP contribution in [0.5, 0.6) is 5.75 Å². The molecule has 0 saturated heterocycles. The third kappa shape index (κ3) is 1.60. The van der Waals surface area contributed by atoms with Crippen LogP contribution in [0.4, 0.5) is 0 Å². The van der Waals surface area contributed by atoms with Crippen molar-refractivity contribution in [1.29, 1.82) is 0 Å². The van der Waals surface area contributed by atoms with Crippen molar-refractivity contribution in [2.75, 3.05) is 0 Å². The number of hydrogen-bond donors (Lipinski definition) is 1. The number of benzene rings is 1. The van der Waals surface area contributed by atoms with Crippen molar-refractivity contribution in [3.63, 3.8) is 0 Å². The minimum absolute atomic E-state index is 0.0348. The lowest BCUT2D eigenvalue weighted by molar-refractivity contribution is 0.452. The predicted octanol–water partition coefficient (Wildman–Crippen LogP) is 2.54. The van der Waals surface area contributed by atoms with E-state index in [1.165, 1.54) is 6.07 Å². The average molecular weight is 216 g/mol. The van der Waals surface area contributed by atoms with E-state index in [2.05, 4.69) is 6.58 Å². The van der Waals surface area contributed by atoms with Gasteiger partial charge in [0.15, 0.2) is 11.3 Å². The molecule has 1 heterocycles. The van der Waals surface area contributed by atoms with Crippen LogP contribution in [0.1, 0.15) is 11.1 Å². The summed E-state index contributed by atoms with van der Waals surface area (Å²) in [6.07, 6.45) is 2.25. The molecule has 0 aliphatic carbocycles. The second-order valence-corrected chi connectivity index (χ2v) is 3.69. The fourth-order valence-corrected chi connectivity index (χ4v) is 1.77. The summed E-state index contributed by atoms with van der Waals surface area (Å²) in [4.78, 5) is 11.1. The highest BCUT2D eigenvalue weighted by molar-refractivity contribution is 5.84. The van der Waals surface area contributed by atoms with E-state index in [9.17, 15) is 9.90 Å². The first-order chi connectivity index (χ1) is 7.63. The minimum Gasteiger partial charge on any atom is -0.504 e. The molecule has 1 N–H and O–H groups in total. The van der Waals surface area contributed by atoms with Crippen LogP contribution in [0.25, 0.3) is 11.0 Å². The Morgan fingerprint density at radius 2 is 2.25 bits per heavy atom. The van der Waals surface area contributed by atoms with E-state index in [0.29, 0.717) is 6.42 Å². The van der Waals surface area contributed by atoms with E-state index in [1.54, 1.807) is 12.1 Å². The van der Waals surface area contributed by atoms with Gasteiger partial charge in [-0.15, -0.1) is 6.58 Å². The van der Waals surface area contributed by atoms with Gasteiger partial charge in [0.1, 0.15) is 0 Å². The Morgan fingerprint density at radius 3 is 2.94 bits per heavy atom. The first-order valence-corrected chi connectivity index (χ1v) is 4.99. The van der Waals surface area contributed by atoms with Crippen LogP contribution < -0.4 is 5.63 Å². The SMILES string of the molecule is C=CCc1c(C)cc2ccc(=O)oc2c1O. The summed E-state index contributed by atoms with van der Waals surface area (Å²) in [5.74, 6) is 0.0348.